The van der Waals surface area contributed by atoms with Crippen LogP contribution in [0.1, 0.15) is 33.9 Å². The monoisotopic (exact) mass is 498 g/mol. The van der Waals surface area contributed by atoms with E-state index in [9.17, 15) is 19.6 Å². The van der Waals surface area contributed by atoms with Crippen molar-refractivity contribution in [2.75, 3.05) is 13.7 Å². The number of aromatic nitrogens is 1. The topological polar surface area (TPSA) is 109 Å². The number of carboxylic acid groups (broad SMARTS) is 1. The first-order valence-corrected chi connectivity index (χ1v) is 11.0. The summed E-state index contributed by atoms with van der Waals surface area (Å²) in [7, 11) is 1.49. The van der Waals surface area contributed by atoms with Gasteiger partial charge in [-0.3, -0.25) is 9.59 Å². The van der Waals surface area contributed by atoms with Crippen molar-refractivity contribution in [2.45, 2.75) is 18.9 Å². The maximum absolute atomic E-state index is 13.2. The van der Waals surface area contributed by atoms with Gasteiger partial charge in [0.15, 0.2) is 5.78 Å². The van der Waals surface area contributed by atoms with E-state index in [-0.39, 0.29) is 35.8 Å². The van der Waals surface area contributed by atoms with Gasteiger partial charge in [0, 0.05) is 48.6 Å². The van der Waals surface area contributed by atoms with Gasteiger partial charge in [0.25, 0.3) is 5.56 Å². The van der Waals surface area contributed by atoms with Crippen LogP contribution in [0.2, 0.25) is 10.0 Å². The number of carbonyl (C=O) groups is 2. The number of Topliss-reactive ketones (excluding diaryl/α,β-unsaturated/α-hetero) is 1. The Morgan fingerprint density at radius 3 is 2.44 bits per heavy atom. The van der Waals surface area contributed by atoms with Crippen LogP contribution in [-0.4, -0.2) is 35.1 Å². The Hall–Kier alpha value is -3.44. The molecule has 0 aliphatic heterocycles. The number of ether oxygens (including phenoxy) is 1. The molecule has 3 rings (SSSR count). The van der Waals surface area contributed by atoms with Crippen molar-refractivity contribution in [1.29, 1.82) is 5.26 Å². The predicted octanol–water partition coefficient (Wildman–Crippen LogP) is 4.78. The lowest BCUT2D eigenvalue weighted by Crippen LogP contribution is -2.31. The van der Waals surface area contributed by atoms with Crippen LogP contribution in [0, 0.1) is 11.3 Å². The highest BCUT2D eigenvalue weighted by Crippen LogP contribution is 2.32. The molecule has 3 aromatic rings. The van der Waals surface area contributed by atoms with E-state index < -0.39 is 17.6 Å². The number of benzene rings is 2. The Labute approximate surface area is 205 Å². The Bertz CT molecular complexity index is 1330. The molecule has 2 aromatic carbocycles. The van der Waals surface area contributed by atoms with Crippen LogP contribution in [0.25, 0.3) is 11.1 Å². The molecule has 0 saturated heterocycles. The largest absolute Gasteiger partial charge is 0.478 e. The zero-order valence-corrected chi connectivity index (χ0v) is 19.6. The highest BCUT2D eigenvalue weighted by Gasteiger charge is 2.23. The molecule has 0 fully saturated rings. The minimum absolute atomic E-state index is 0.00698. The van der Waals surface area contributed by atoms with Gasteiger partial charge in [-0.1, -0.05) is 35.3 Å². The highest BCUT2D eigenvalue weighted by molar-refractivity contribution is 6.33. The lowest BCUT2D eigenvalue weighted by Gasteiger charge is -2.20. The number of carbonyl (C=O) groups excluding carboxylic acids is 1. The third-order valence-electron chi connectivity index (χ3n) is 5.31. The molecule has 0 saturated carbocycles. The van der Waals surface area contributed by atoms with Crippen molar-refractivity contribution in [1.82, 2.24) is 4.57 Å². The lowest BCUT2D eigenvalue weighted by atomic mass is 9.99. The zero-order chi connectivity index (χ0) is 24.8. The van der Waals surface area contributed by atoms with E-state index >= 15 is 0 Å². The summed E-state index contributed by atoms with van der Waals surface area (Å²) in [5.74, 6) is -1.32. The third kappa shape index (κ3) is 5.72. The van der Waals surface area contributed by atoms with Gasteiger partial charge in [-0.05, 0) is 42.3 Å². The number of nitriles is 1. The Balaban J connectivity index is 1.98. The normalized spacial score (nSPS) is 11.6. The van der Waals surface area contributed by atoms with Crippen molar-refractivity contribution >= 4 is 35.0 Å². The fraction of sp³-hybridized carbons (Fsp3) is 0.200. The minimum atomic E-state index is -1.06. The highest BCUT2D eigenvalue weighted by atomic mass is 35.5. The van der Waals surface area contributed by atoms with E-state index in [4.69, 9.17) is 33.0 Å². The summed E-state index contributed by atoms with van der Waals surface area (Å²) in [5.41, 5.74) is 1.32. The van der Waals surface area contributed by atoms with E-state index in [2.05, 4.69) is 6.07 Å². The number of pyridine rings is 1. The number of nitrogens with zero attached hydrogens (tertiary/aromatic N) is 2. The molecule has 174 valence electrons. The standard InChI is InChI=1S/C25H20Cl2N2O5/c1-34-9-8-22(23(30)10-15-2-4-16(5-3-15)25(32)33)29-14-21(27)20(12-24(29)31)19-11-18(26)7-6-17(19)13-28/h2-7,11-12,14,22H,8-10H2,1H3,(H,32,33). The van der Waals surface area contributed by atoms with Gasteiger partial charge in [-0.15, -0.1) is 0 Å². The summed E-state index contributed by atoms with van der Waals surface area (Å²) in [5, 5.41) is 19.0. The van der Waals surface area contributed by atoms with E-state index in [1.807, 2.05) is 0 Å². The Morgan fingerprint density at radius 1 is 1.12 bits per heavy atom. The van der Waals surface area contributed by atoms with E-state index in [1.165, 1.54) is 36.1 Å². The zero-order valence-electron chi connectivity index (χ0n) is 18.1. The molecular formula is C25H20Cl2N2O5. The van der Waals surface area contributed by atoms with Crippen molar-refractivity contribution in [2.24, 2.45) is 0 Å². The molecule has 7 nitrogen and oxygen atoms in total. The average molecular weight is 499 g/mol. The summed E-state index contributed by atoms with van der Waals surface area (Å²) in [6.07, 6.45) is 1.61. The molecule has 0 aliphatic rings. The first-order valence-electron chi connectivity index (χ1n) is 10.2. The van der Waals surface area contributed by atoms with Crippen LogP contribution in [0.3, 0.4) is 0 Å². The van der Waals surface area contributed by atoms with E-state index in [1.54, 1.807) is 30.3 Å². The number of ketones is 1. The summed E-state index contributed by atoms with van der Waals surface area (Å²) in [6.45, 7) is 0.229. The van der Waals surface area contributed by atoms with Crippen LogP contribution >= 0.6 is 23.2 Å². The fourth-order valence-corrected chi connectivity index (χ4v) is 4.01. The van der Waals surface area contributed by atoms with Gasteiger partial charge in [-0.2, -0.15) is 5.26 Å². The first-order chi connectivity index (χ1) is 16.2. The van der Waals surface area contributed by atoms with Gasteiger partial charge < -0.3 is 14.4 Å². The number of hydrogen-bond acceptors (Lipinski definition) is 5. The van der Waals surface area contributed by atoms with Gasteiger partial charge in [0.1, 0.15) is 0 Å². The summed E-state index contributed by atoms with van der Waals surface area (Å²) in [4.78, 5) is 37.3. The van der Waals surface area contributed by atoms with Crippen molar-refractivity contribution < 1.29 is 19.4 Å². The van der Waals surface area contributed by atoms with Gasteiger partial charge in [0.2, 0.25) is 0 Å². The molecule has 0 bridgehead atoms. The lowest BCUT2D eigenvalue weighted by molar-refractivity contribution is -0.122. The second kappa shape index (κ2) is 11.1. The van der Waals surface area contributed by atoms with Gasteiger partial charge >= 0.3 is 5.97 Å². The number of rotatable bonds is 9. The van der Waals surface area contributed by atoms with Crippen LogP contribution in [0.15, 0.2) is 59.5 Å². The van der Waals surface area contributed by atoms with Crippen LogP contribution in [0.4, 0.5) is 0 Å². The molecule has 0 amide bonds. The molecule has 1 N–H and O–H groups in total. The van der Waals surface area contributed by atoms with Crippen LogP contribution < -0.4 is 5.56 Å². The third-order valence-corrected chi connectivity index (χ3v) is 5.84. The van der Waals surface area contributed by atoms with Crippen LogP contribution in [-0.2, 0) is 16.0 Å². The molecule has 9 heteroatoms. The van der Waals surface area contributed by atoms with Crippen molar-refractivity contribution in [3.05, 3.63) is 91.8 Å². The molecule has 1 atom stereocenters. The number of methoxy groups -OCH3 is 1. The smallest absolute Gasteiger partial charge is 0.335 e. The van der Waals surface area contributed by atoms with E-state index in [0.717, 1.165) is 0 Å². The predicted molar refractivity (Wildman–Crippen MR) is 129 cm³/mol. The first kappa shape index (κ1) is 25.2. The molecule has 34 heavy (non-hydrogen) atoms. The SMILES string of the molecule is COCCC(C(=O)Cc1ccc(C(=O)O)cc1)n1cc(Cl)c(-c2cc(Cl)ccc2C#N)cc1=O. The summed E-state index contributed by atoms with van der Waals surface area (Å²) < 4.78 is 6.39. The van der Waals surface area contributed by atoms with Crippen LogP contribution in [0.5, 0.6) is 0 Å². The van der Waals surface area contributed by atoms with E-state index in [0.29, 0.717) is 27.3 Å². The molecular weight excluding hydrogens is 479 g/mol. The Morgan fingerprint density at radius 2 is 1.82 bits per heavy atom. The maximum Gasteiger partial charge on any atom is 0.335 e. The Kier molecular flexibility index (Phi) is 8.24. The minimum Gasteiger partial charge on any atom is -0.478 e. The quantitative estimate of drug-likeness (QED) is 0.454. The maximum atomic E-state index is 13.2. The second-order valence-electron chi connectivity index (χ2n) is 7.52. The summed E-state index contributed by atoms with van der Waals surface area (Å²) in [6, 6.07) is 13.1. The number of aromatic carboxylic acids is 1. The average Bonchev–Trinajstić information content (AvgIpc) is 2.81. The molecule has 1 aromatic heterocycles. The number of carboxylic acids is 1. The van der Waals surface area contributed by atoms with Gasteiger partial charge in [-0.25, -0.2) is 4.79 Å². The van der Waals surface area contributed by atoms with Gasteiger partial charge in [0.05, 0.1) is 28.3 Å². The second-order valence-corrected chi connectivity index (χ2v) is 8.37. The molecule has 0 aliphatic carbocycles. The summed E-state index contributed by atoms with van der Waals surface area (Å²) >= 11 is 12.6. The molecule has 1 unspecified atom stereocenters. The fourth-order valence-electron chi connectivity index (χ4n) is 3.58. The van der Waals surface area contributed by atoms with Crippen molar-refractivity contribution in [3.63, 3.8) is 0 Å². The molecule has 0 radical (unpaired) electrons. The number of hydrogen-bond donors (Lipinski definition) is 1. The molecule has 0 spiro atoms. The number of halogens is 2. The molecule has 1 heterocycles. The van der Waals surface area contributed by atoms with Crippen molar-refractivity contribution in [3.8, 4) is 17.2 Å².